The zero-order chi connectivity index (χ0) is 15.2. The molecule has 1 aromatic carbocycles. The molecule has 1 aliphatic heterocycles. The van der Waals surface area contributed by atoms with Crippen molar-refractivity contribution in [3.8, 4) is 0 Å². The lowest BCUT2D eigenvalue weighted by atomic mass is 10.2. The van der Waals surface area contributed by atoms with Crippen LogP contribution < -0.4 is 11.1 Å². The SMILES string of the molecule is CC(C(=O)Nc1ccccc1)N1CCN(CC(N)=S)CC1. The molecule has 1 fully saturated rings. The molecule has 21 heavy (non-hydrogen) atoms. The van der Waals surface area contributed by atoms with Crippen LogP contribution in [0.2, 0.25) is 0 Å². The van der Waals surface area contributed by atoms with Crippen LogP contribution in [0, 0.1) is 0 Å². The number of benzene rings is 1. The standard InChI is InChI=1S/C15H22N4OS/c1-12(15(20)17-13-5-3-2-4-6-13)19-9-7-18(8-10-19)11-14(16)21/h2-6,12H,7-11H2,1H3,(H2,16,21)(H,17,20). The summed E-state index contributed by atoms with van der Waals surface area (Å²) in [6.45, 7) is 6.09. The molecule has 0 saturated carbocycles. The van der Waals surface area contributed by atoms with Crippen LogP contribution in [0.4, 0.5) is 5.69 Å². The molecule has 114 valence electrons. The molecule has 0 spiro atoms. The van der Waals surface area contributed by atoms with Crippen LogP contribution in [0.5, 0.6) is 0 Å². The monoisotopic (exact) mass is 306 g/mol. The highest BCUT2D eigenvalue weighted by Gasteiger charge is 2.25. The Kier molecular flexibility index (Phi) is 5.67. The van der Waals surface area contributed by atoms with Crippen molar-refractivity contribution >= 4 is 28.8 Å². The van der Waals surface area contributed by atoms with E-state index in [0.29, 0.717) is 11.5 Å². The topological polar surface area (TPSA) is 61.6 Å². The molecule has 1 unspecified atom stereocenters. The van der Waals surface area contributed by atoms with Gasteiger partial charge in [-0.25, -0.2) is 0 Å². The molecule has 5 nitrogen and oxygen atoms in total. The average molecular weight is 306 g/mol. The number of hydrogen-bond donors (Lipinski definition) is 2. The van der Waals surface area contributed by atoms with E-state index in [1.807, 2.05) is 37.3 Å². The van der Waals surface area contributed by atoms with Gasteiger partial charge in [0, 0.05) is 38.4 Å². The fourth-order valence-corrected chi connectivity index (χ4v) is 2.65. The number of hydrogen-bond acceptors (Lipinski definition) is 4. The van der Waals surface area contributed by atoms with Crippen LogP contribution in [0.25, 0.3) is 0 Å². The van der Waals surface area contributed by atoms with Crippen LogP contribution in [-0.2, 0) is 4.79 Å². The van der Waals surface area contributed by atoms with Gasteiger partial charge >= 0.3 is 0 Å². The van der Waals surface area contributed by atoms with Crippen molar-refractivity contribution in [2.45, 2.75) is 13.0 Å². The Morgan fingerprint density at radius 3 is 2.48 bits per heavy atom. The normalized spacial score (nSPS) is 18.1. The van der Waals surface area contributed by atoms with Gasteiger partial charge in [-0.3, -0.25) is 14.6 Å². The largest absolute Gasteiger partial charge is 0.392 e. The van der Waals surface area contributed by atoms with Crippen LogP contribution >= 0.6 is 12.2 Å². The predicted octanol–water partition coefficient (Wildman–Crippen LogP) is 0.917. The summed E-state index contributed by atoms with van der Waals surface area (Å²) in [5, 5.41) is 2.95. The number of nitrogens with one attached hydrogen (secondary N) is 1. The number of carbonyl (C=O) groups excluding carboxylic acids is 1. The Morgan fingerprint density at radius 1 is 1.29 bits per heavy atom. The highest BCUT2D eigenvalue weighted by atomic mass is 32.1. The summed E-state index contributed by atoms with van der Waals surface area (Å²) in [5.41, 5.74) is 6.40. The van der Waals surface area contributed by atoms with Gasteiger partial charge in [-0.2, -0.15) is 0 Å². The van der Waals surface area contributed by atoms with Crippen molar-refractivity contribution in [3.05, 3.63) is 30.3 Å². The lowest BCUT2D eigenvalue weighted by molar-refractivity contribution is -0.121. The second-order valence-electron chi connectivity index (χ2n) is 5.31. The van der Waals surface area contributed by atoms with Crippen LogP contribution in [0.1, 0.15) is 6.92 Å². The number of carbonyl (C=O) groups is 1. The van der Waals surface area contributed by atoms with Gasteiger partial charge in [0.25, 0.3) is 0 Å². The van der Waals surface area contributed by atoms with Gasteiger partial charge in [-0.15, -0.1) is 0 Å². The van der Waals surface area contributed by atoms with Crippen molar-refractivity contribution in [3.63, 3.8) is 0 Å². The highest BCUT2D eigenvalue weighted by molar-refractivity contribution is 7.80. The zero-order valence-corrected chi connectivity index (χ0v) is 13.1. The summed E-state index contributed by atoms with van der Waals surface area (Å²) in [6, 6.07) is 9.40. The van der Waals surface area contributed by atoms with Gasteiger partial charge in [0.15, 0.2) is 0 Å². The molecule has 6 heteroatoms. The van der Waals surface area contributed by atoms with Crippen molar-refractivity contribution in [2.75, 3.05) is 38.0 Å². The predicted molar refractivity (Wildman–Crippen MR) is 89.3 cm³/mol. The Hall–Kier alpha value is -1.50. The number of piperazine rings is 1. The Balaban J connectivity index is 1.82. The van der Waals surface area contributed by atoms with E-state index in [0.717, 1.165) is 31.9 Å². The summed E-state index contributed by atoms with van der Waals surface area (Å²) < 4.78 is 0. The lowest BCUT2D eigenvalue weighted by Crippen LogP contribution is -2.53. The van der Waals surface area contributed by atoms with Crippen molar-refractivity contribution in [1.82, 2.24) is 9.80 Å². The highest BCUT2D eigenvalue weighted by Crippen LogP contribution is 2.10. The van der Waals surface area contributed by atoms with Gasteiger partial charge in [0.05, 0.1) is 11.0 Å². The minimum Gasteiger partial charge on any atom is -0.392 e. The molecular formula is C15H22N4OS. The van der Waals surface area contributed by atoms with Crippen LogP contribution in [0.3, 0.4) is 0 Å². The maximum Gasteiger partial charge on any atom is 0.241 e. The third-order valence-corrected chi connectivity index (χ3v) is 3.88. The summed E-state index contributed by atoms with van der Waals surface area (Å²) in [5.74, 6) is 0.0315. The van der Waals surface area contributed by atoms with E-state index >= 15 is 0 Å². The number of rotatable bonds is 5. The summed E-state index contributed by atoms with van der Waals surface area (Å²) in [4.78, 5) is 17.2. The number of thiocarbonyl (C=S) groups is 1. The quantitative estimate of drug-likeness (QED) is 0.792. The third-order valence-electron chi connectivity index (χ3n) is 3.75. The van der Waals surface area contributed by atoms with Gasteiger partial charge in [0.2, 0.25) is 5.91 Å². The van der Waals surface area contributed by atoms with Crippen molar-refractivity contribution < 1.29 is 4.79 Å². The first-order valence-electron chi connectivity index (χ1n) is 7.17. The van der Waals surface area contributed by atoms with E-state index in [4.69, 9.17) is 18.0 Å². The average Bonchev–Trinajstić information content (AvgIpc) is 2.47. The number of amides is 1. The first-order chi connectivity index (χ1) is 10.1. The zero-order valence-electron chi connectivity index (χ0n) is 12.3. The maximum absolute atomic E-state index is 12.3. The molecule has 0 aromatic heterocycles. The molecule has 3 N–H and O–H groups in total. The van der Waals surface area contributed by atoms with Crippen LogP contribution in [-0.4, -0.2) is 59.5 Å². The maximum atomic E-state index is 12.3. The molecule has 1 saturated heterocycles. The fraction of sp³-hybridized carbons (Fsp3) is 0.467. The number of para-hydroxylation sites is 1. The van der Waals surface area contributed by atoms with E-state index in [1.165, 1.54) is 0 Å². The first kappa shape index (κ1) is 15.9. The molecule has 2 rings (SSSR count). The lowest BCUT2D eigenvalue weighted by Gasteiger charge is -2.37. The molecule has 0 aliphatic carbocycles. The molecule has 1 heterocycles. The van der Waals surface area contributed by atoms with E-state index < -0.39 is 0 Å². The first-order valence-corrected chi connectivity index (χ1v) is 7.57. The van der Waals surface area contributed by atoms with E-state index in [9.17, 15) is 4.79 Å². The van der Waals surface area contributed by atoms with Gasteiger partial charge in [-0.1, -0.05) is 30.4 Å². The summed E-state index contributed by atoms with van der Waals surface area (Å²) in [7, 11) is 0. The second kappa shape index (κ2) is 7.49. The molecular weight excluding hydrogens is 284 g/mol. The smallest absolute Gasteiger partial charge is 0.241 e. The van der Waals surface area contributed by atoms with Gasteiger partial charge < -0.3 is 11.1 Å². The molecule has 1 amide bonds. The van der Waals surface area contributed by atoms with E-state index in [2.05, 4.69) is 15.1 Å². The van der Waals surface area contributed by atoms with Gasteiger partial charge in [0.1, 0.15) is 0 Å². The fourth-order valence-electron chi connectivity index (χ4n) is 2.46. The van der Waals surface area contributed by atoms with Gasteiger partial charge in [-0.05, 0) is 19.1 Å². The summed E-state index contributed by atoms with van der Waals surface area (Å²) >= 11 is 4.93. The molecule has 1 atom stereocenters. The van der Waals surface area contributed by atoms with Crippen LogP contribution in [0.15, 0.2) is 30.3 Å². The van der Waals surface area contributed by atoms with E-state index in [1.54, 1.807) is 0 Å². The molecule has 1 aromatic rings. The van der Waals surface area contributed by atoms with E-state index in [-0.39, 0.29) is 11.9 Å². The number of nitrogens with two attached hydrogens (primary N) is 1. The summed E-state index contributed by atoms with van der Waals surface area (Å²) in [6.07, 6.45) is 0. The number of nitrogens with zero attached hydrogens (tertiary/aromatic N) is 2. The number of anilines is 1. The Bertz CT molecular complexity index is 486. The third kappa shape index (κ3) is 4.77. The molecule has 0 radical (unpaired) electrons. The Morgan fingerprint density at radius 2 is 1.90 bits per heavy atom. The molecule has 1 aliphatic rings. The second-order valence-corrected chi connectivity index (χ2v) is 5.83. The minimum atomic E-state index is -0.141. The van der Waals surface area contributed by atoms with Crippen molar-refractivity contribution in [1.29, 1.82) is 0 Å². The molecule has 0 bridgehead atoms. The Labute approximate surface area is 131 Å². The minimum absolute atomic E-state index is 0.0315. The van der Waals surface area contributed by atoms with Crippen molar-refractivity contribution in [2.24, 2.45) is 5.73 Å².